The molecule has 2 aromatic rings. The van der Waals surface area contributed by atoms with Crippen LogP contribution < -0.4 is 5.32 Å². The first-order chi connectivity index (χ1) is 13.8. The first kappa shape index (κ1) is 23.9. The molecule has 2 amide bonds. The molecule has 0 spiro atoms. The van der Waals surface area contributed by atoms with Crippen molar-refractivity contribution in [3.8, 4) is 0 Å². The Balaban J connectivity index is 2.22. The van der Waals surface area contributed by atoms with Gasteiger partial charge in [0.2, 0.25) is 11.8 Å². The molecule has 0 bridgehead atoms. The predicted molar refractivity (Wildman–Crippen MR) is 122 cm³/mol. The third kappa shape index (κ3) is 7.10. The highest BCUT2D eigenvalue weighted by Gasteiger charge is 2.28. The number of rotatable bonds is 9. The molecular formula is C21H23Cl3N2O2S. The Morgan fingerprint density at radius 3 is 2.28 bits per heavy atom. The van der Waals surface area contributed by atoms with Gasteiger partial charge in [-0.15, -0.1) is 11.8 Å². The molecule has 8 heteroatoms. The van der Waals surface area contributed by atoms with Crippen molar-refractivity contribution in [2.75, 3.05) is 12.3 Å². The highest BCUT2D eigenvalue weighted by molar-refractivity contribution is 8.00. The minimum atomic E-state index is -0.583. The third-order valence-corrected chi connectivity index (χ3v) is 6.10. The number of nitrogens with one attached hydrogen (secondary N) is 1. The van der Waals surface area contributed by atoms with Crippen molar-refractivity contribution in [2.45, 2.75) is 37.8 Å². The molecule has 0 unspecified atom stereocenters. The highest BCUT2D eigenvalue weighted by Crippen LogP contribution is 2.25. The van der Waals surface area contributed by atoms with Gasteiger partial charge < -0.3 is 10.2 Å². The van der Waals surface area contributed by atoms with E-state index in [1.54, 1.807) is 35.2 Å². The summed E-state index contributed by atoms with van der Waals surface area (Å²) in [4.78, 5) is 28.2. The quantitative estimate of drug-likeness (QED) is 0.476. The Kier molecular flexibility index (Phi) is 9.63. The number of likely N-dealkylation sites (N-methyl/N-ethyl adjacent to an activating group) is 1. The lowest BCUT2D eigenvalue weighted by Gasteiger charge is -2.30. The van der Waals surface area contributed by atoms with Gasteiger partial charge in [0, 0.05) is 33.1 Å². The Morgan fingerprint density at radius 2 is 1.69 bits per heavy atom. The van der Waals surface area contributed by atoms with Crippen LogP contribution >= 0.6 is 46.6 Å². The minimum absolute atomic E-state index is 0.144. The Hall–Kier alpha value is -1.40. The molecule has 1 atom stereocenters. The number of hydrogen-bond donors (Lipinski definition) is 1. The molecule has 4 nitrogen and oxygen atoms in total. The molecule has 29 heavy (non-hydrogen) atoms. The molecule has 2 aromatic carbocycles. The van der Waals surface area contributed by atoms with E-state index in [-0.39, 0.29) is 24.1 Å². The summed E-state index contributed by atoms with van der Waals surface area (Å²) in [6.07, 6.45) is 0.494. The normalized spacial score (nSPS) is 11.8. The lowest BCUT2D eigenvalue weighted by Crippen LogP contribution is -2.49. The van der Waals surface area contributed by atoms with Crippen LogP contribution in [0.1, 0.15) is 25.8 Å². The van der Waals surface area contributed by atoms with E-state index in [9.17, 15) is 9.59 Å². The Morgan fingerprint density at radius 1 is 1.03 bits per heavy atom. The Labute approximate surface area is 190 Å². The van der Waals surface area contributed by atoms with Gasteiger partial charge in [0.15, 0.2) is 0 Å². The molecule has 0 saturated carbocycles. The zero-order chi connectivity index (χ0) is 21.4. The van der Waals surface area contributed by atoms with E-state index in [1.165, 1.54) is 11.8 Å². The van der Waals surface area contributed by atoms with Crippen molar-refractivity contribution in [3.05, 3.63) is 63.1 Å². The molecule has 0 aliphatic heterocycles. The third-order valence-electron chi connectivity index (χ3n) is 4.27. The maximum atomic E-state index is 13.1. The van der Waals surface area contributed by atoms with Crippen LogP contribution in [0, 0.1) is 0 Å². The first-order valence-electron chi connectivity index (χ1n) is 9.25. The standard InChI is InChI=1S/C21H23Cl3N2O2S/c1-3-19(21(28)25-4-2)26(12-14-5-6-16(23)11-18(14)24)20(27)13-29-17-9-7-15(22)8-10-17/h5-11,19H,3-4,12-13H2,1-2H3,(H,25,28)/t19-/m0/s1. The minimum Gasteiger partial charge on any atom is -0.355 e. The number of halogens is 3. The van der Waals surface area contributed by atoms with Crippen LogP contribution in [0.25, 0.3) is 0 Å². The zero-order valence-corrected chi connectivity index (χ0v) is 19.3. The van der Waals surface area contributed by atoms with Crippen LogP contribution in [0.15, 0.2) is 47.4 Å². The number of nitrogens with zero attached hydrogens (tertiary/aromatic N) is 1. The number of carbonyl (C=O) groups excluding carboxylic acids is 2. The van der Waals surface area contributed by atoms with Crippen LogP contribution in [-0.2, 0) is 16.1 Å². The van der Waals surface area contributed by atoms with E-state index in [0.29, 0.717) is 28.0 Å². The molecule has 0 fully saturated rings. The van der Waals surface area contributed by atoms with E-state index >= 15 is 0 Å². The molecular weight excluding hydrogens is 451 g/mol. The van der Waals surface area contributed by atoms with Gasteiger partial charge in [0.1, 0.15) is 6.04 Å². The van der Waals surface area contributed by atoms with E-state index in [4.69, 9.17) is 34.8 Å². The van der Waals surface area contributed by atoms with E-state index in [0.717, 1.165) is 10.5 Å². The number of thioether (sulfide) groups is 1. The maximum absolute atomic E-state index is 13.1. The second-order valence-corrected chi connectivity index (χ2v) is 8.65. The van der Waals surface area contributed by atoms with Crippen LogP contribution in [0.4, 0.5) is 0 Å². The van der Waals surface area contributed by atoms with E-state index in [1.807, 2.05) is 26.0 Å². The smallest absolute Gasteiger partial charge is 0.242 e. The second kappa shape index (κ2) is 11.7. The topological polar surface area (TPSA) is 49.4 Å². The number of benzene rings is 2. The van der Waals surface area contributed by atoms with Crippen LogP contribution in [0.3, 0.4) is 0 Å². The summed E-state index contributed by atoms with van der Waals surface area (Å²) >= 11 is 19.6. The molecule has 0 saturated heterocycles. The van der Waals surface area contributed by atoms with Gasteiger partial charge in [-0.25, -0.2) is 0 Å². The maximum Gasteiger partial charge on any atom is 0.242 e. The van der Waals surface area contributed by atoms with Gasteiger partial charge in [-0.1, -0.05) is 47.8 Å². The molecule has 0 aliphatic carbocycles. The fourth-order valence-electron chi connectivity index (χ4n) is 2.80. The van der Waals surface area contributed by atoms with Crippen molar-refractivity contribution in [2.24, 2.45) is 0 Å². The number of carbonyl (C=O) groups is 2. The molecule has 0 aliphatic rings. The van der Waals surface area contributed by atoms with Crippen LogP contribution in [-0.4, -0.2) is 35.1 Å². The monoisotopic (exact) mass is 472 g/mol. The first-order valence-corrected chi connectivity index (χ1v) is 11.4. The lowest BCUT2D eigenvalue weighted by molar-refractivity contribution is -0.139. The molecule has 0 heterocycles. The van der Waals surface area contributed by atoms with E-state index in [2.05, 4.69) is 5.32 Å². The van der Waals surface area contributed by atoms with Crippen LogP contribution in [0.5, 0.6) is 0 Å². The van der Waals surface area contributed by atoms with Crippen molar-refractivity contribution in [1.82, 2.24) is 10.2 Å². The highest BCUT2D eigenvalue weighted by atomic mass is 35.5. The summed E-state index contributed by atoms with van der Waals surface area (Å²) in [5.41, 5.74) is 0.739. The SMILES string of the molecule is CCNC(=O)[C@H](CC)N(Cc1ccc(Cl)cc1Cl)C(=O)CSc1ccc(Cl)cc1. The van der Waals surface area contributed by atoms with Gasteiger partial charge in [0.25, 0.3) is 0 Å². The summed E-state index contributed by atoms with van der Waals surface area (Å²) in [7, 11) is 0. The molecule has 156 valence electrons. The number of amides is 2. The fourth-order valence-corrected chi connectivity index (χ4v) is 4.18. The van der Waals surface area contributed by atoms with Gasteiger partial charge in [-0.3, -0.25) is 9.59 Å². The fraction of sp³-hybridized carbons (Fsp3) is 0.333. The predicted octanol–water partition coefficient (Wildman–Crippen LogP) is 5.68. The molecule has 0 aromatic heterocycles. The molecule has 1 N–H and O–H groups in total. The van der Waals surface area contributed by atoms with Crippen molar-refractivity contribution in [3.63, 3.8) is 0 Å². The summed E-state index contributed by atoms with van der Waals surface area (Å²) in [5, 5.41) is 4.44. The summed E-state index contributed by atoms with van der Waals surface area (Å²) in [5.74, 6) is -0.123. The zero-order valence-electron chi connectivity index (χ0n) is 16.3. The molecule has 2 rings (SSSR count). The van der Waals surface area contributed by atoms with Crippen molar-refractivity contribution < 1.29 is 9.59 Å². The average Bonchev–Trinajstić information content (AvgIpc) is 2.69. The van der Waals surface area contributed by atoms with Gasteiger partial charge in [-0.2, -0.15) is 0 Å². The molecule has 0 radical (unpaired) electrons. The average molecular weight is 474 g/mol. The Bertz CT molecular complexity index is 846. The van der Waals surface area contributed by atoms with Gasteiger partial charge in [0.05, 0.1) is 5.75 Å². The summed E-state index contributed by atoms with van der Waals surface area (Å²) in [6, 6.07) is 11.8. The van der Waals surface area contributed by atoms with Crippen molar-refractivity contribution in [1.29, 1.82) is 0 Å². The van der Waals surface area contributed by atoms with Crippen LogP contribution in [0.2, 0.25) is 15.1 Å². The summed E-state index contributed by atoms with van der Waals surface area (Å²) in [6.45, 7) is 4.46. The largest absolute Gasteiger partial charge is 0.355 e. The summed E-state index contributed by atoms with van der Waals surface area (Å²) < 4.78 is 0. The van der Waals surface area contributed by atoms with E-state index < -0.39 is 6.04 Å². The lowest BCUT2D eigenvalue weighted by atomic mass is 10.1. The number of hydrogen-bond acceptors (Lipinski definition) is 3. The van der Waals surface area contributed by atoms with Crippen molar-refractivity contribution >= 4 is 58.4 Å². The second-order valence-electron chi connectivity index (χ2n) is 6.32. The van der Waals surface area contributed by atoms with Gasteiger partial charge in [-0.05, 0) is 55.3 Å². The van der Waals surface area contributed by atoms with Gasteiger partial charge >= 0.3 is 0 Å².